The zero-order valence-corrected chi connectivity index (χ0v) is 11.7. The first-order valence-electron chi connectivity index (χ1n) is 6.45. The smallest absolute Gasteiger partial charge is 0.249 e. The highest BCUT2D eigenvalue weighted by molar-refractivity contribution is 9.10. The second-order valence-electron chi connectivity index (χ2n) is 4.91. The Bertz CT molecular complexity index is 469. The fourth-order valence-corrected chi connectivity index (χ4v) is 3.39. The summed E-state index contributed by atoms with van der Waals surface area (Å²) in [6.45, 7) is 0.713. The Kier molecular flexibility index (Phi) is 3.39. The van der Waals surface area contributed by atoms with Crippen LogP contribution in [0, 0.1) is 0 Å². The highest BCUT2D eigenvalue weighted by atomic mass is 79.9. The van der Waals surface area contributed by atoms with Crippen LogP contribution in [-0.4, -0.2) is 18.6 Å². The maximum absolute atomic E-state index is 12.0. The number of nitrogens with one attached hydrogen (secondary N) is 1. The van der Waals surface area contributed by atoms with Crippen LogP contribution < -0.4 is 5.32 Å². The molecule has 18 heavy (non-hydrogen) atoms. The van der Waals surface area contributed by atoms with Crippen molar-refractivity contribution in [2.75, 3.05) is 6.61 Å². The number of rotatable bonds is 2. The van der Waals surface area contributed by atoms with Gasteiger partial charge in [0.15, 0.2) is 0 Å². The Morgan fingerprint density at radius 2 is 2.28 bits per heavy atom. The van der Waals surface area contributed by atoms with Crippen LogP contribution in [0.3, 0.4) is 0 Å². The van der Waals surface area contributed by atoms with E-state index in [-0.39, 0.29) is 18.1 Å². The average molecular weight is 310 g/mol. The Morgan fingerprint density at radius 3 is 3.06 bits per heavy atom. The molecule has 0 saturated carbocycles. The molecule has 1 N–H and O–H groups in total. The number of carbonyl (C=O) groups is 1. The molecule has 96 valence electrons. The number of amides is 1. The summed E-state index contributed by atoms with van der Waals surface area (Å²) >= 11 is 3.57. The molecule has 3 nitrogen and oxygen atoms in total. The number of hydrogen-bond donors (Lipinski definition) is 1. The van der Waals surface area contributed by atoms with Crippen molar-refractivity contribution in [3.8, 4) is 0 Å². The van der Waals surface area contributed by atoms with Crippen LogP contribution in [0.15, 0.2) is 22.7 Å². The standard InChI is InChI=1S/C14H16BrNO2/c15-11-4-1-3-10-9(11)6-7-12(10)16-14(17)13-5-2-8-18-13/h1,3-4,12-13H,2,5-8H2,(H,16,17). The fourth-order valence-electron chi connectivity index (χ4n) is 2.81. The first-order chi connectivity index (χ1) is 8.75. The third-order valence-electron chi connectivity index (χ3n) is 3.75. The van der Waals surface area contributed by atoms with E-state index in [1.807, 2.05) is 6.07 Å². The molecule has 4 heteroatoms. The Labute approximate surface area is 115 Å². The quantitative estimate of drug-likeness (QED) is 0.912. The van der Waals surface area contributed by atoms with E-state index in [1.54, 1.807) is 0 Å². The van der Waals surface area contributed by atoms with E-state index < -0.39 is 0 Å². The van der Waals surface area contributed by atoms with Gasteiger partial charge in [-0.15, -0.1) is 0 Å². The first kappa shape index (κ1) is 12.2. The van der Waals surface area contributed by atoms with Crippen LogP contribution in [0.4, 0.5) is 0 Å². The molecular weight excluding hydrogens is 294 g/mol. The molecule has 0 bridgehead atoms. The number of hydrogen-bond acceptors (Lipinski definition) is 2. The Morgan fingerprint density at radius 1 is 1.39 bits per heavy atom. The lowest BCUT2D eigenvalue weighted by Crippen LogP contribution is -2.36. The van der Waals surface area contributed by atoms with Gasteiger partial charge in [0.25, 0.3) is 0 Å². The van der Waals surface area contributed by atoms with Gasteiger partial charge in [-0.2, -0.15) is 0 Å². The maximum Gasteiger partial charge on any atom is 0.249 e. The molecule has 2 aliphatic rings. The van der Waals surface area contributed by atoms with E-state index in [1.165, 1.54) is 11.1 Å². The summed E-state index contributed by atoms with van der Waals surface area (Å²) in [4.78, 5) is 12.0. The molecule has 3 rings (SSSR count). The van der Waals surface area contributed by atoms with E-state index in [9.17, 15) is 4.79 Å². The summed E-state index contributed by atoms with van der Waals surface area (Å²) in [6.07, 6.45) is 3.61. The van der Waals surface area contributed by atoms with Crippen molar-refractivity contribution >= 4 is 21.8 Å². The molecule has 1 aliphatic carbocycles. The molecule has 1 aliphatic heterocycles. The summed E-state index contributed by atoms with van der Waals surface area (Å²) in [6, 6.07) is 6.34. The largest absolute Gasteiger partial charge is 0.368 e. The molecule has 1 aromatic rings. The highest BCUT2D eigenvalue weighted by Gasteiger charge is 2.29. The average Bonchev–Trinajstić information content (AvgIpc) is 2.99. The Hall–Kier alpha value is -0.870. The minimum Gasteiger partial charge on any atom is -0.368 e. The van der Waals surface area contributed by atoms with Crippen molar-refractivity contribution in [3.05, 3.63) is 33.8 Å². The molecule has 1 amide bonds. The van der Waals surface area contributed by atoms with Gasteiger partial charge < -0.3 is 10.1 Å². The van der Waals surface area contributed by atoms with E-state index in [0.29, 0.717) is 6.61 Å². The number of benzene rings is 1. The summed E-state index contributed by atoms with van der Waals surface area (Å²) < 4.78 is 6.56. The van der Waals surface area contributed by atoms with E-state index in [0.717, 1.165) is 30.2 Å². The number of ether oxygens (including phenoxy) is 1. The molecule has 2 unspecified atom stereocenters. The molecule has 1 saturated heterocycles. The van der Waals surface area contributed by atoms with E-state index in [2.05, 4.69) is 33.4 Å². The summed E-state index contributed by atoms with van der Waals surface area (Å²) in [7, 11) is 0. The van der Waals surface area contributed by atoms with Crippen LogP contribution >= 0.6 is 15.9 Å². The van der Waals surface area contributed by atoms with Crippen molar-refractivity contribution < 1.29 is 9.53 Å². The molecule has 2 atom stereocenters. The monoisotopic (exact) mass is 309 g/mol. The lowest BCUT2D eigenvalue weighted by molar-refractivity contribution is -0.130. The van der Waals surface area contributed by atoms with Gasteiger partial charge >= 0.3 is 0 Å². The molecule has 1 aromatic carbocycles. The third kappa shape index (κ3) is 2.19. The molecule has 0 aromatic heterocycles. The van der Waals surface area contributed by atoms with Crippen molar-refractivity contribution in [2.24, 2.45) is 0 Å². The Balaban J connectivity index is 1.72. The lowest BCUT2D eigenvalue weighted by Gasteiger charge is -2.17. The van der Waals surface area contributed by atoms with E-state index >= 15 is 0 Å². The van der Waals surface area contributed by atoms with Crippen LogP contribution in [0.2, 0.25) is 0 Å². The highest BCUT2D eigenvalue weighted by Crippen LogP contribution is 2.35. The van der Waals surface area contributed by atoms with Gasteiger partial charge in [0.2, 0.25) is 5.91 Å². The van der Waals surface area contributed by atoms with Gasteiger partial charge in [-0.05, 0) is 42.9 Å². The lowest BCUT2D eigenvalue weighted by atomic mass is 10.1. The number of carbonyl (C=O) groups excluding carboxylic acids is 1. The second-order valence-corrected chi connectivity index (χ2v) is 5.76. The zero-order chi connectivity index (χ0) is 12.5. The normalized spacial score (nSPS) is 26.1. The van der Waals surface area contributed by atoms with Crippen LogP contribution in [0.5, 0.6) is 0 Å². The SMILES string of the molecule is O=C(NC1CCc2c(Br)cccc21)C1CCCO1. The van der Waals surface area contributed by atoms with Crippen LogP contribution in [-0.2, 0) is 16.0 Å². The predicted molar refractivity (Wildman–Crippen MR) is 72.3 cm³/mol. The van der Waals surface area contributed by atoms with Crippen molar-refractivity contribution in [3.63, 3.8) is 0 Å². The van der Waals surface area contributed by atoms with Gasteiger partial charge in [-0.1, -0.05) is 28.1 Å². The van der Waals surface area contributed by atoms with Crippen LogP contribution in [0.1, 0.15) is 36.4 Å². The third-order valence-corrected chi connectivity index (χ3v) is 4.50. The van der Waals surface area contributed by atoms with Gasteiger partial charge in [0.1, 0.15) is 6.10 Å². The molecule has 1 heterocycles. The first-order valence-corrected chi connectivity index (χ1v) is 7.24. The second kappa shape index (κ2) is 5.02. The van der Waals surface area contributed by atoms with Gasteiger partial charge in [0, 0.05) is 11.1 Å². The molecule has 0 radical (unpaired) electrons. The minimum absolute atomic E-state index is 0.0466. The molecule has 0 spiro atoms. The van der Waals surface area contributed by atoms with E-state index in [4.69, 9.17) is 4.74 Å². The predicted octanol–water partition coefficient (Wildman–Crippen LogP) is 2.73. The molecule has 1 fully saturated rings. The summed E-state index contributed by atoms with van der Waals surface area (Å²) in [5.74, 6) is 0.0466. The summed E-state index contributed by atoms with van der Waals surface area (Å²) in [5, 5.41) is 3.12. The van der Waals surface area contributed by atoms with Crippen molar-refractivity contribution in [1.29, 1.82) is 0 Å². The van der Waals surface area contributed by atoms with Crippen molar-refractivity contribution in [1.82, 2.24) is 5.32 Å². The van der Waals surface area contributed by atoms with Crippen molar-refractivity contribution in [2.45, 2.75) is 37.8 Å². The van der Waals surface area contributed by atoms with Gasteiger partial charge in [-0.3, -0.25) is 4.79 Å². The fraction of sp³-hybridized carbons (Fsp3) is 0.500. The number of fused-ring (bicyclic) bond motifs is 1. The maximum atomic E-state index is 12.0. The van der Waals surface area contributed by atoms with Gasteiger partial charge in [0.05, 0.1) is 6.04 Å². The molecular formula is C14H16BrNO2. The zero-order valence-electron chi connectivity index (χ0n) is 10.1. The number of halogens is 1. The summed E-state index contributed by atoms with van der Waals surface area (Å²) in [5.41, 5.74) is 2.57. The van der Waals surface area contributed by atoms with Crippen LogP contribution in [0.25, 0.3) is 0 Å². The topological polar surface area (TPSA) is 38.3 Å². The minimum atomic E-state index is -0.235. The van der Waals surface area contributed by atoms with Gasteiger partial charge in [-0.25, -0.2) is 0 Å².